The van der Waals surface area contributed by atoms with E-state index in [0.717, 1.165) is 15.8 Å². The monoisotopic (exact) mass is 267 g/mol. The molecule has 15 heavy (non-hydrogen) atoms. The second kappa shape index (κ2) is 6.11. The molecule has 0 aliphatic heterocycles. The van der Waals surface area contributed by atoms with E-state index < -0.39 is 0 Å². The van der Waals surface area contributed by atoms with E-state index in [9.17, 15) is 0 Å². The van der Waals surface area contributed by atoms with Crippen molar-refractivity contribution < 1.29 is 4.74 Å². The van der Waals surface area contributed by atoms with E-state index >= 15 is 0 Å². The highest BCUT2D eigenvalue weighted by atomic mass is 79.9. The maximum atomic E-state index is 8.08. The molecular formula is C10H10BrN3O. The molecule has 0 radical (unpaired) electrons. The molecule has 1 aromatic rings. The van der Waals surface area contributed by atoms with Gasteiger partial charge in [-0.3, -0.25) is 0 Å². The molecule has 78 valence electrons. The molecule has 0 amide bonds. The van der Waals surface area contributed by atoms with E-state index in [1.807, 2.05) is 24.3 Å². The molecular weight excluding hydrogens is 258 g/mol. The number of hydrogen-bond donors (Lipinski definition) is 0. The van der Waals surface area contributed by atoms with E-state index in [-0.39, 0.29) is 0 Å². The molecule has 0 atom stereocenters. The van der Waals surface area contributed by atoms with Crippen LogP contribution in [0.1, 0.15) is 5.56 Å². The van der Waals surface area contributed by atoms with E-state index in [0.29, 0.717) is 6.54 Å². The third-order valence-electron chi connectivity index (χ3n) is 1.74. The van der Waals surface area contributed by atoms with Crippen LogP contribution >= 0.6 is 15.9 Å². The zero-order chi connectivity index (χ0) is 11.1. The molecule has 0 saturated heterocycles. The molecule has 0 aliphatic carbocycles. The zero-order valence-corrected chi connectivity index (χ0v) is 9.81. The Morgan fingerprint density at radius 1 is 1.60 bits per heavy atom. The Morgan fingerprint density at radius 2 is 2.40 bits per heavy atom. The maximum absolute atomic E-state index is 8.08. The third-order valence-corrected chi connectivity index (χ3v) is 2.39. The van der Waals surface area contributed by atoms with Crippen LogP contribution in [0.3, 0.4) is 0 Å². The van der Waals surface area contributed by atoms with Crippen molar-refractivity contribution in [3.05, 3.63) is 44.8 Å². The molecule has 0 bridgehead atoms. The number of benzene rings is 1. The normalized spacial score (nSPS) is 10.0. The second-order valence-corrected chi connectivity index (χ2v) is 3.56. The van der Waals surface area contributed by atoms with Crippen LogP contribution in [-0.2, 0) is 0 Å². The Balaban J connectivity index is 2.78. The van der Waals surface area contributed by atoms with Crippen LogP contribution in [0.5, 0.6) is 5.75 Å². The van der Waals surface area contributed by atoms with Gasteiger partial charge in [0.1, 0.15) is 5.75 Å². The SMILES string of the molecule is COc1cc(C=CCN=[N+]=[N-])ccc1Br. The van der Waals surface area contributed by atoms with Crippen molar-refractivity contribution >= 4 is 22.0 Å². The summed E-state index contributed by atoms with van der Waals surface area (Å²) in [7, 11) is 1.62. The van der Waals surface area contributed by atoms with Crippen LogP contribution in [0.2, 0.25) is 0 Å². The summed E-state index contributed by atoms with van der Waals surface area (Å²) in [4.78, 5) is 2.66. The molecule has 0 spiro atoms. The molecule has 5 heteroatoms. The standard InChI is InChI=1S/C10H10BrN3O/c1-15-10-7-8(4-5-9(10)11)3-2-6-13-14-12/h2-5,7H,6H2,1H3. The first-order chi connectivity index (χ1) is 7.27. The fourth-order valence-electron chi connectivity index (χ4n) is 1.05. The Bertz CT molecular complexity index is 411. The molecule has 0 saturated carbocycles. The number of halogens is 1. The smallest absolute Gasteiger partial charge is 0.133 e. The minimum absolute atomic E-state index is 0.356. The van der Waals surface area contributed by atoms with Crippen LogP contribution in [0, 0.1) is 0 Å². The van der Waals surface area contributed by atoms with Gasteiger partial charge in [-0.25, -0.2) is 0 Å². The van der Waals surface area contributed by atoms with Crippen LogP contribution in [-0.4, -0.2) is 13.7 Å². The van der Waals surface area contributed by atoms with Crippen LogP contribution in [0.4, 0.5) is 0 Å². The van der Waals surface area contributed by atoms with Gasteiger partial charge in [-0.15, -0.1) is 0 Å². The van der Waals surface area contributed by atoms with Crippen LogP contribution in [0.15, 0.2) is 33.9 Å². The lowest BCUT2D eigenvalue weighted by atomic mass is 10.2. The van der Waals surface area contributed by atoms with E-state index in [2.05, 4.69) is 26.0 Å². The van der Waals surface area contributed by atoms with Crippen molar-refractivity contribution in [2.75, 3.05) is 13.7 Å². The largest absolute Gasteiger partial charge is 0.496 e. The fourth-order valence-corrected chi connectivity index (χ4v) is 1.46. The summed E-state index contributed by atoms with van der Waals surface area (Å²) in [6, 6.07) is 5.75. The summed E-state index contributed by atoms with van der Waals surface area (Å²) < 4.78 is 6.06. The van der Waals surface area contributed by atoms with Gasteiger partial charge in [0.05, 0.1) is 11.6 Å². The Morgan fingerprint density at radius 3 is 3.07 bits per heavy atom. The van der Waals surface area contributed by atoms with Crippen LogP contribution < -0.4 is 4.74 Å². The molecule has 0 aliphatic rings. The molecule has 4 nitrogen and oxygen atoms in total. The van der Waals surface area contributed by atoms with E-state index in [1.54, 1.807) is 13.2 Å². The lowest BCUT2D eigenvalue weighted by Crippen LogP contribution is -1.84. The first-order valence-electron chi connectivity index (χ1n) is 4.29. The van der Waals surface area contributed by atoms with Gasteiger partial charge in [0, 0.05) is 11.5 Å². The highest BCUT2D eigenvalue weighted by molar-refractivity contribution is 9.10. The number of ether oxygens (including phenoxy) is 1. The predicted octanol–water partition coefficient (Wildman–Crippen LogP) is 3.78. The van der Waals surface area contributed by atoms with Crippen molar-refractivity contribution in [3.63, 3.8) is 0 Å². The van der Waals surface area contributed by atoms with E-state index in [1.165, 1.54) is 0 Å². The number of hydrogen-bond acceptors (Lipinski definition) is 2. The summed E-state index contributed by atoms with van der Waals surface area (Å²) in [5.74, 6) is 0.779. The third kappa shape index (κ3) is 3.65. The summed E-state index contributed by atoms with van der Waals surface area (Å²) in [6.45, 7) is 0.356. The predicted molar refractivity (Wildman–Crippen MR) is 63.7 cm³/mol. The lowest BCUT2D eigenvalue weighted by molar-refractivity contribution is 0.412. The van der Waals surface area contributed by atoms with Crippen molar-refractivity contribution in [2.45, 2.75) is 0 Å². The van der Waals surface area contributed by atoms with E-state index in [4.69, 9.17) is 10.3 Å². The molecule has 1 rings (SSSR count). The lowest BCUT2D eigenvalue weighted by Gasteiger charge is -2.03. The highest BCUT2D eigenvalue weighted by Crippen LogP contribution is 2.25. The first-order valence-corrected chi connectivity index (χ1v) is 5.08. The number of azide groups is 1. The Kier molecular flexibility index (Phi) is 4.74. The van der Waals surface area contributed by atoms with Crippen molar-refractivity contribution in [1.29, 1.82) is 0 Å². The minimum Gasteiger partial charge on any atom is -0.496 e. The van der Waals surface area contributed by atoms with Gasteiger partial charge in [-0.2, -0.15) is 0 Å². The topological polar surface area (TPSA) is 58.0 Å². The average molecular weight is 268 g/mol. The number of methoxy groups -OCH3 is 1. The summed E-state index contributed by atoms with van der Waals surface area (Å²) >= 11 is 3.37. The van der Waals surface area contributed by atoms with Gasteiger partial charge >= 0.3 is 0 Å². The Labute approximate surface area is 96.3 Å². The van der Waals surface area contributed by atoms with Gasteiger partial charge in [-0.05, 0) is 39.2 Å². The quantitative estimate of drug-likeness (QED) is 0.465. The molecule has 0 unspecified atom stereocenters. The van der Waals surface area contributed by atoms with Crippen molar-refractivity contribution in [3.8, 4) is 5.75 Å². The maximum Gasteiger partial charge on any atom is 0.133 e. The fraction of sp³-hybridized carbons (Fsp3) is 0.200. The highest BCUT2D eigenvalue weighted by Gasteiger charge is 1.98. The van der Waals surface area contributed by atoms with Gasteiger partial charge < -0.3 is 4.74 Å². The number of nitrogens with zero attached hydrogens (tertiary/aromatic N) is 3. The van der Waals surface area contributed by atoms with Gasteiger partial charge in [0.2, 0.25) is 0 Å². The molecule has 0 heterocycles. The number of rotatable bonds is 4. The molecule has 0 fully saturated rings. The summed E-state index contributed by atoms with van der Waals surface area (Å²) in [6.07, 6.45) is 3.67. The summed E-state index contributed by atoms with van der Waals surface area (Å²) in [5, 5.41) is 3.40. The van der Waals surface area contributed by atoms with Gasteiger partial charge in [-0.1, -0.05) is 23.3 Å². The van der Waals surface area contributed by atoms with Crippen molar-refractivity contribution in [2.24, 2.45) is 5.11 Å². The Hall–Kier alpha value is -1.45. The molecule has 0 aromatic heterocycles. The van der Waals surface area contributed by atoms with Gasteiger partial charge in [0.25, 0.3) is 0 Å². The first kappa shape index (κ1) is 11.6. The summed E-state index contributed by atoms with van der Waals surface area (Å²) in [5.41, 5.74) is 9.08. The minimum atomic E-state index is 0.356. The molecule has 1 aromatic carbocycles. The average Bonchev–Trinajstić information content (AvgIpc) is 2.26. The zero-order valence-electron chi connectivity index (χ0n) is 8.22. The second-order valence-electron chi connectivity index (χ2n) is 2.71. The van der Waals surface area contributed by atoms with Crippen molar-refractivity contribution in [1.82, 2.24) is 0 Å². The van der Waals surface area contributed by atoms with Gasteiger partial charge in [0.15, 0.2) is 0 Å². The molecule has 0 N–H and O–H groups in total. The van der Waals surface area contributed by atoms with Crippen LogP contribution in [0.25, 0.3) is 16.5 Å².